The molecule has 4 aliphatic rings. The van der Waals surface area contributed by atoms with Gasteiger partial charge in [-0.1, -0.05) is 0 Å². The van der Waals surface area contributed by atoms with Crippen LogP contribution >= 0.6 is 0 Å². The van der Waals surface area contributed by atoms with Crippen molar-refractivity contribution in [2.24, 2.45) is 17.8 Å². The van der Waals surface area contributed by atoms with Gasteiger partial charge in [-0.2, -0.15) is 13.9 Å². The van der Waals surface area contributed by atoms with Gasteiger partial charge >= 0.3 is 6.61 Å². The summed E-state index contributed by atoms with van der Waals surface area (Å²) < 4.78 is 32.2. The zero-order valence-corrected chi connectivity index (χ0v) is 17.6. The number of halogens is 2. The summed E-state index contributed by atoms with van der Waals surface area (Å²) >= 11 is 0. The first-order chi connectivity index (χ1) is 15.1. The molecule has 4 fully saturated rings. The second-order valence-corrected chi connectivity index (χ2v) is 9.79. The minimum absolute atomic E-state index is 0.0358. The molecule has 2 aromatic heterocycles. The van der Waals surface area contributed by atoms with E-state index >= 15 is 0 Å². The van der Waals surface area contributed by atoms with Crippen LogP contribution in [0.1, 0.15) is 50.1 Å². The maximum atomic E-state index is 12.7. The number of rotatable bonds is 7. The number of likely N-dealkylation sites (tertiary alicyclic amines) is 1. The molecule has 3 saturated carbocycles. The van der Waals surface area contributed by atoms with Crippen LogP contribution in [-0.4, -0.2) is 45.4 Å². The largest absolute Gasteiger partial charge is 0.431 e. The third-order valence-electron chi connectivity index (χ3n) is 7.75. The molecule has 31 heavy (non-hydrogen) atoms. The summed E-state index contributed by atoms with van der Waals surface area (Å²) in [6, 6.07) is 4.44. The Labute approximate surface area is 180 Å². The van der Waals surface area contributed by atoms with Crippen LogP contribution < -0.4 is 10.5 Å². The summed E-state index contributed by atoms with van der Waals surface area (Å²) in [5.41, 5.74) is 8.46. The van der Waals surface area contributed by atoms with Crippen LogP contribution in [0.5, 0.6) is 5.75 Å². The van der Waals surface area contributed by atoms with Gasteiger partial charge in [-0.3, -0.25) is 4.68 Å². The van der Waals surface area contributed by atoms with Gasteiger partial charge in [-0.25, -0.2) is 4.98 Å². The van der Waals surface area contributed by atoms with Crippen molar-refractivity contribution < 1.29 is 13.5 Å². The van der Waals surface area contributed by atoms with E-state index in [9.17, 15) is 8.78 Å². The Balaban J connectivity index is 1.25. The molecule has 6 nitrogen and oxygen atoms in total. The first kappa shape index (κ1) is 19.5. The highest BCUT2D eigenvalue weighted by atomic mass is 19.3. The molecule has 1 aliphatic heterocycles. The number of ether oxygens (including phenoxy) is 1. The third-order valence-corrected chi connectivity index (χ3v) is 7.75. The van der Waals surface area contributed by atoms with Crippen LogP contribution in [0.3, 0.4) is 0 Å². The number of nitrogens with two attached hydrogens (primary N) is 1. The van der Waals surface area contributed by atoms with Crippen LogP contribution in [0, 0.1) is 17.8 Å². The second kappa shape index (κ2) is 7.43. The molecule has 8 heteroatoms. The Morgan fingerprint density at radius 2 is 1.87 bits per heavy atom. The molecule has 0 amide bonds. The van der Waals surface area contributed by atoms with Crippen molar-refractivity contribution >= 4 is 5.82 Å². The van der Waals surface area contributed by atoms with Crippen LogP contribution in [0.15, 0.2) is 18.3 Å². The molecule has 3 aliphatic carbocycles. The number of alkyl halides is 2. The van der Waals surface area contributed by atoms with Crippen LogP contribution in [-0.2, 0) is 6.54 Å². The summed E-state index contributed by atoms with van der Waals surface area (Å²) in [5, 5.41) is 4.88. The lowest BCUT2D eigenvalue weighted by molar-refractivity contribution is -0.0494. The molecule has 0 bridgehead atoms. The zero-order chi connectivity index (χ0) is 21.1. The van der Waals surface area contributed by atoms with Gasteiger partial charge in [0.15, 0.2) is 11.6 Å². The quantitative estimate of drug-likeness (QED) is 0.717. The monoisotopic (exact) mass is 429 g/mol. The number of pyridine rings is 1. The van der Waals surface area contributed by atoms with Gasteiger partial charge in [-0.05, 0) is 81.5 Å². The number of aromatic nitrogens is 3. The summed E-state index contributed by atoms with van der Waals surface area (Å²) in [6.07, 6.45) is 9.42. The molecule has 1 saturated heterocycles. The van der Waals surface area contributed by atoms with Crippen molar-refractivity contribution in [1.82, 2.24) is 19.7 Å². The Morgan fingerprint density at radius 1 is 1.13 bits per heavy atom. The first-order valence-corrected chi connectivity index (χ1v) is 11.6. The molecule has 4 atom stereocenters. The second-order valence-electron chi connectivity index (χ2n) is 9.79. The van der Waals surface area contributed by atoms with Crippen LogP contribution in [0.4, 0.5) is 14.6 Å². The Morgan fingerprint density at radius 3 is 2.55 bits per heavy atom. The summed E-state index contributed by atoms with van der Waals surface area (Å²) in [4.78, 5) is 6.75. The molecule has 2 unspecified atom stereocenters. The normalized spacial score (nSPS) is 30.2. The number of hydrogen-bond acceptors (Lipinski definition) is 5. The molecule has 0 radical (unpaired) electrons. The molecule has 2 N–H and O–H groups in total. The van der Waals surface area contributed by atoms with E-state index < -0.39 is 6.61 Å². The van der Waals surface area contributed by atoms with Crippen molar-refractivity contribution in [2.45, 2.75) is 63.6 Å². The van der Waals surface area contributed by atoms with Crippen molar-refractivity contribution in [1.29, 1.82) is 0 Å². The maximum Gasteiger partial charge on any atom is 0.387 e. The lowest BCUT2D eigenvalue weighted by Gasteiger charge is -2.25. The Kier molecular flexibility index (Phi) is 4.67. The smallest absolute Gasteiger partial charge is 0.387 e. The molecular formula is C23H29F2N5O. The molecule has 0 spiro atoms. The first-order valence-electron chi connectivity index (χ1n) is 11.6. The fraction of sp³-hybridized carbons (Fsp3) is 0.652. The van der Waals surface area contributed by atoms with Crippen molar-refractivity contribution in [3.63, 3.8) is 0 Å². The van der Waals surface area contributed by atoms with E-state index in [2.05, 4.69) is 25.4 Å². The van der Waals surface area contributed by atoms with E-state index in [1.807, 2.05) is 0 Å². The SMILES string of the molecule is Nc1ncc(-c2cc(C3[C@H]4CC(N5CCCC5)C[C@@H]34)n(CC3CC3)n2)cc1OC(F)F. The standard InChI is InChI=1S/C23H29F2N5O/c24-23(25)31-20-7-14(11-27-22(20)26)18-10-19(30(28-18)12-13-3-4-13)21-16-8-15(9-17(16)21)29-5-1-2-6-29/h7,10-11,13,15-17,21,23H,1-6,8-9,12H2,(H2,26,27)/t15?,16-,17+,21?. The fourth-order valence-corrected chi connectivity index (χ4v) is 5.97. The lowest BCUT2D eigenvalue weighted by atomic mass is 10.0. The van der Waals surface area contributed by atoms with Gasteiger partial charge in [0, 0.05) is 36.0 Å². The summed E-state index contributed by atoms with van der Waals surface area (Å²) in [7, 11) is 0. The van der Waals surface area contributed by atoms with Gasteiger partial charge in [0.2, 0.25) is 0 Å². The van der Waals surface area contributed by atoms with Gasteiger partial charge in [0.1, 0.15) is 0 Å². The fourth-order valence-electron chi connectivity index (χ4n) is 5.97. The Bertz CT molecular complexity index is 957. The Hall–Kier alpha value is -2.22. The topological polar surface area (TPSA) is 69.2 Å². The number of nitrogen functional groups attached to an aromatic ring is 1. The average Bonchev–Trinajstić information content (AvgIpc) is 3.42. The molecule has 0 aromatic carbocycles. The predicted molar refractivity (Wildman–Crippen MR) is 113 cm³/mol. The van der Waals surface area contributed by atoms with Crippen molar-refractivity contribution in [3.8, 4) is 17.0 Å². The molecule has 166 valence electrons. The zero-order valence-electron chi connectivity index (χ0n) is 17.6. The van der Waals surface area contributed by atoms with E-state index in [1.165, 1.54) is 63.4 Å². The highest BCUT2D eigenvalue weighted by molar-refractivity contribution is 5.64. The van der Waals surface area contributed by atoms with Gasteiger partial charge in [0.25, 0.3) is 0 Å². The van der Waals surface area contributed by atoms with Crippen LogP contribution in [0.25, 0.3) is 11.3 Å². The number of fused-ring (bicyclic) bond motifs is 1. The van der Waals surface area contributed by atoms with Crippen molar-refractivity contribution in [2.75, 3.05) is 18.8 Å². The summed E-state index contributed by atoms with van der Waals surface area (Å²) in [5.74, 6) is 2.68. The van der Waals surface area contributed by atoms with E-state index in [0.717, 1.165) is 30.1 Å². The molecule has 6 rings (SSSR count). The van der Waals surface area contributed by atoms with Gasteiger partial charge in [0.05, 0.1) is 5.69 Å². The molecule has 3 heterocycles. The van der Waals surface area contributed by atoms with Gasteiger partial charge < -0.3 is 15.4 Å². The minimum atomic E-state index is -2.93. The molecule has 2 aromatic rings. The van der Waals surface area contributed by atoms with Gasteiger partial charge in [-0.15, -0.1) is 0 Å². The van der Waals surface area contributed by atoms with E-state index in [1.54, 1.807) is 6.20 Å². The predicted octanol–water partition coefficient (Wildman–Crippen LogP) is 4.13. The van der Waals surface area contributed by atoms with Crippen molar-refractivity contribution in [3.05, 3.63) is 24.0 Å². The molecular weight excluding hydrogens is 400 g/mol. The maximum absolute atomic E-state index is 12.7. The third kappa shape index (κ3) is 3.69. The number of nitrogens with zero attached hydrogens (tertiary/aromatic N) is 4. The van der Waals surface area contributed by atoms with E-state index in [4.69, 9.17) is 10.8 Å². The van der Waals surface area contributed by atoms with Crippen LogP contribution in [0.2, 0.25) is 0 Å². The lowest BCUT2D eigenvalue weighted by Crippen LogP contribution is -2.31. The highest BCUT2D eigenvalue weighted by Gasteiger charge is 2.58. The average molecular weight is 430 g/mol. The highest BCUT2D eigenvalue weighted by Crippen LogP contribution is 2.64. The van der Waals surface area contributed by atoms with E-state index in [0.29, 0.717) is 17.4 Å². The number of hydrogen-bond donors (Lipinski definition) is 1. The minimum Gasteiger partial charge on any atom is -0.431 e. The summed E-state index contributed by atoms with van der Waals surface area (Å²) in [6.45, 7) is 0.554. The van der Waals surface area contributed by atoms with E-state index in [-0.39, 0.29) is 11.6 Å². The number of anilines is 1.